The number of urea groups is 1. The second-order valence-electron chi connectivity index (χ2n) is 21.3. The van der Waals surface area contributed by atoms with Gasteiger partial charge in [-0.2, -0.15) is 0 Å². The number of aromatic amines is 1. The number of carbonyl (C=O) groups excluding carboxylic acids is 2. The number of nitro groups is 1. The van der Waals surface area contributed by atoms with Crippen LogP contribution in [0.3, 0.4) is 0 Å². The molecule has 1 spiro atoms. The summed E-state index contributed by atoms with van der Waals surface area (Å²) in [6.45, 7) is 11.6. The van der Waals surface area contributed by atoms with E-state index >= 15 is 0 Å². The molecule has 3 aliphatic heterocycles. The number of sulfonamides is 1. The van der Waals surface area contributed by atoms with Gasteiger partial charge in [0, 0.05) is 108 Å². The molecule has 400 valence electrons. The molecule has 4 aliphatic rings. The molecule has 6 aromatic rings. The van der Waals surface area contributed by atoms with E-state index in [2.05, 4.69) is 85.0 Å². The van der Waals surface area contributed by atoms with E-state index in [4.69, 9.17) is 14.2 Å². The van der Waals surface area contributed by atoms with Crippen LogP contribution in [0.2, 0.25) is 0 Å². The van der Waals surface area contributed by atoms with Gasteiger partial charge in [-0.25, -0.2) is 22.9 Å². The fourth-order valence-corrected chi connectivity index (χ4v) is 12.7. The van der Waals surface area contributed by atoms with Gasteiger partial charge in [0.05, 0.1) is 28.7 Å². The molecule has 0 radical (unpaired) electrons. The van der Waals surface area contributed by atoms with Crippen LogP contribution in [0.1, 0.15) is 91.4 Å². The molecule has 1 saturated carbocycles. The molecule has 4 fully saturated rings. The summed E-state index contributed by atoms with van der Waals surface area (Å²) in [6, 6.07) is 29.4. The molecule has 1 atom stereocenters. The first kappa shape index (κ1) is 52.4. The highest BCUT2D eigenvalue weighted by Gasteiger charge is 2.50. The van der Waals surface area contributed by atoms with Crippen molar-refractivity contribution in [2.24, 2.45) is 11.3 Å². The van der Waals surface area contributed by atoms with E-state index in [9.17, 15) is 28.1 Å². The number of H-pyrrole nitrogens is 1. The number of aromatic nitrogens is 2. The molecule has 3 saturated heterocycles. The smallest absolute Gasteiger partial charge is 0.321 e. The van der Waals surface area contributed by atoms with Crippen LogP contribution >= 0.6 is 0 Å². The van der Waals surface area contributed by atoms with Crippen LogP contribution in [-0.2, 0) is 21.3 Å². The molecule has 18 nitrogen and oxygen atoms in total. The fraction of sp³-hybridized carbons (Fsp3) is 0.421. The van der Waals surface area contributed by atoms with Crippen LogP contribution in [0.25, 0.3) is 11.0 Å². The Morgan fingerprint density at radius 3 is 2.45 bits per heavy atom. The SMILES string of the molecule is COc1ccc(CN2CCN(C3CC4(CCN(c5ccc(C(=O)NS(=O)(=O)c6ccc(NC(=O)N(C)CC7CCOCC7)c([N+](=O)[O-])c6)c(Oc6cnc7[nH]ccc7c6)c5)CC4)C3)[C@@H](c3ccccc3C(C)C)C2)cc1. The van der Waals surface area contributed by atoms with Crippen molar-refractivity contribution in [3.05, 3.63) is 142 Å². The predicted molar refractivity (Wildman–Crippen MR) is 291 cm³/mol. The van der Waals surface area contributed by atoms with Gasteiger partial charge in [0.25, 0.3) is 21.6 Å². The van der Waals surface area contributed by atoms with E-state index in [1.165, 1.54) is 27.8 Å². The molecule has 4 aromatic carbocycles. The van der Waals surface area contributed by atoms with Crippen molar-refractivity contribution >= 4 is 50.1 Å². The highest BCUT2D eigenvalue weighted by molar-refractivity contribution is 7.90. The molecule has 3 amide bonds. The summed E-state index contributed by atoms with van der Waals surface area (Å²) in [5.74, 6) is 0.939. The van der Waals surface area contributed by atoms with Gasteiger partial charge < -0.3 is 34.3 Å². The van der Waals surface area contributed by atoms with Crippen LogP contribution in [-0.4, -0.2) is 123 Å². The summed E-state index contributed by atoms with van der Waals surface area (Å²) >= 11 is 0. The third kappa shape index (κ3) is 11.5. The molecule has 3 N–H and O–H groups in total. The maximum absolute atomic E-state index is 14.1. The van der Waals surface area contributed by atoms with Crippen LogP contribution in [0.4, 0.5) is 21.9 Å². The highest BCUT2D eigenvalue weighted by atomic mass is 32.2. The van der Waals surface area contributed by atoms with Crippen molar-refractivity contribution in [2.75, 3.05) is 76.9 Å². The number of methoxy groups -OCH3 is 1. The van der Waals surface area contributed by atoms with Gasteiger partial charge in [0.2, 0.25) is 0 Å². The van der Waals surface area contributed by atoms with E-state index in [0.717, 1.165) is 113 Å². The number of carbonyl (C=O) groups is 2. The minimum Gasteiger partial charge on any atom is -0.497 e. The van der Waals surface area contributed by atoms with Gasteiger partial charge in [-0.3, -0.25) is 24.7 Å². The number of hydrogen-bond acceptors (Lipinski definition) is 13. The monoisotopic (exact) mass is 1050 g/mol. The lowest BCUT2D eigenvalue weighted by Crippen LogP contribution is -2.60. The summed E-state index contributed by atoms with van der Waals surface area (Å²) in [5.41, 5.74) is 4.89. The van der Waals surface area contributed by atoms with Gasteiger partial charge in [0.15, 0.2) is 0 Å². The Morgan fingerprint density at radius 2 is 1.71 bits per heavy atom. The molecule has 0 unspecified atom stereocenters. The minimum atomic E-state index is -4.68. The Bertz CT molecular complexity index is 3180. The zero-order valence-electron chi connectivity index (χ0n) is 43.6. The van der Waals surface area contributed by atoms with Gasteiger partial charge in [-0.05, 0) is 121 Å². The van der Waals surface area contributed by atoms with E-state index in [0.29, 0.717) is 43.1 Å². The molecular formula is C57H67N9O9S. The second kappa shape index (κ2) is 22.3. The summed E-state index contributed by atoms with van der Waals surface area (Å²) in [6.07, 6.45) is 9.12. The Balaban J connectivity index is 0.829. The van der Waals surface area contributed by atoms with Crippen LogP contribution in [0, 0.1) is 21.4 Å². The summed E-state index contributed by atoms with van der Waals surface area (Å²) < 4.78 is 47.1. The number of benzene rings is 4. The van der Waals surface area contributed by atoms with Crippen LogP contribution in [0.15, 0.2) is 114 Å². The Labute approximate surface area is 443 Å². The molecule has 76 heavy (non-hydrogen) atoms. The third-order valence-electron chi connectivity index (χ3n) is 16.0. The largest absolute Gasteiger partial charge is 0.497 e. The number of amides is 3. The van der Waals surface area contributed by atoms with Crippen LogP contribution in [0.5, 0.6) is 17.2 Å². The summed E-state index contributed by atoms with van der Waals surface area (Å²) in [7, 11) is -1.39. The Hall–Kier alpha value is -7.06. The van der Waals surface area contributed by atoms with Gasteiger partial charge in [-0.1, -0.05) is 50.2 Å². The predicted octanol–water partition coefficient (Wildman–Crippen LogP) is 9.71. The van der Waals surface area contributed by atoms with Gasteiger partial charge >= 0.3 is 6.03 Å². The van der Waals surface area contributed by atoms with Crippen molar-refractivity contribution in [3.8, 4) is 17.2 Å². The lowest BCUT2D eigenvalue weighted by atomic mass is 9.59. The van der Waals surface area contributed by atoms with Gasteiger partial charge in [0.1, 0.15) is 28.6 Å². The van der Waals surface area contributed by atoms with Crippen molar-refractivity contribution in [2.45, 2.75) is 81.8 Å². The average molecular weight is 1050 g/mol. The molecular weight excluding hydrogens is 987 g/mol. The van der Waals surface area contributed by atoms with E-state index in [-0.39, 0.29) is 34.4 Å². The Kier molecular flexibility index (Phi) is 15.3. The average Bonchev–Trinajstić information content (AvgIpc) is 3.91. The molecule has 0 bridgehead atoms. The Morgan fingerprint density at radius 1 is 0.947 bits per heavy atom. The number of nitro benzene ring substituents is 1. The standard InChI is InChI=1S/C57H67N9O9S/c1-38(2)47-7-5-6-8-48(47)52-37-63(36-39-9-12-44(73-4)13-10-39)25-26-65(52)43-32-57(33-43)20-23-64(24-21-57)42-11-15-49(53(30-42)75-45-29-41-17-22-58-54(41)59-34-45)55(67)61-76(71,72)46-14-16-50(51(31-46)66(69)70)60-56(68)62(3)35-40-18-27-74-28-19-40/h5-17,22,29-31,34,38,40,43,52H,18-21,23-28,32-33,35-37H2,1-4H3,(H,58,59)(H,60,68)(H,61,67)/t52-/m1/s1. The molecule has 2 aromatic heterocycles. The first-order valence-electron chi connectivity index (χ1n) is 26.3. The highest BCUT2D eigenvalue weighted by Crippen LogP contribution is 2.53. The maximum atomic E-state index is 14.1. The zero-order chi connectivity index (χ0) is 53.1. The summed E-state index contributed by atoms with van der Waals surface area (Å²) in [4.78, 5) is 54.8. The van der Waals surface area contributed by atoms with Crippen molar-refractivity contribution < 1.29 is 37.1 Å². The zero-order valence-corrected chi connectivity index (χ0v) is 44.4. The number of rotatable bonds is 16. The molecule has 19 heteroatoms. The van der Waals surface area contributed by atoms with Crippen LogP contribution < -0.4 is 24.4 Å². The number of piperidine rings is 1. The normalized spacial score (nSPS) is 18.6. The lowest BCUT2D eigenvalue weighted by Gasteiger charge is -2.58. The summed E-state index contributed by atoms with van der Waals surface area (Å²) in [5, 5.41) is 15.6. The third-order valence-corrected chi connectivity index (χ3v) is 17.3. The first-order valence-corrected chi connectivity index (χ1v) is 27.8. The quantitative estimate of drug-likeness (QED) is 0.0611. The van der Waals surface area contributed by atoms with Crippen molar-refractivity contribution in [3.63, 3.8) is 0 Å². The first-order chi connectivity index (χ1) is 36.6. The molecule has 10 rings (SSSR count). The number of hydrogen-bond donors (Lipinski definition) is 3. The van der Waals surface area contributed by atoms with E-state index in [1.807, 2.05) is 18.2 Å². The van der Waals surface area contributed by atoms with Crippen molar-refractivity contribution in [1.29, 1.82) is 0 Å². The number of nitrogens with zero attached hydrogens (tertiary/aromatic N) is 6. The number of fused-ring (bicyclic) bond motifs is 1. The second-order valence-corrected chi connectivity index (χ2v) is 23.0. The maximum Gasteiger partial charge on any atom is 0.321 e. The fourth-order valence-electron chi connectivity index (χ4n) is 11.7. The number of piperazine rings is 1. The van der Waals surface area contributed by atoms with E-state index in [1.54, 1.807) is 44.6 Å². The van der Waals surface area contributed by atoms with Gasteiger partial charge in [-0.15, -0.1) is 0 Å². The molecule has 5 heterocycles. The van der Waals surface area contributed by atoms with Crippen molar-refractivity contribution in [1.82, 2.24) is 29.4 Å². The lowest BCUT2D eigenvalue weighted by molar-refractivity contribution is -0.384. The molecule has 1 aliphatic carbocycles. The number of anilines is 2. The number of pyridine rings is 1. The minimum absolute atomic E-state index is 0.0690. The number of nitrogens with one attached hydrogen (secondary N) is 3. The topological polar surface area (TPSA) is 205 Å². The van der Waals surface area contributed by atoms with E-state index < -0.39 is 37.5 Å². The number of ether oxygens (including phenoxy) is 3.